The first-order chi connectivity index (χ1) is 14.7. The molecule has 0 fully saturated rings. The molecule has 1 heterocycles. The Hall–Kier alpha value is -1.94. The lowest BCUT2D eigenvalue weighted by Gasteiger charge is -2.29. The third kappa shape index (κ3) is 5.65. The maximum atomic E-state index is 13.9. The number of hydrogen-bond acceptors (Lipinski definition) is 5. The maximum absolute atomic E-state index is 13.9. The van der Waals surface area contributed by atoms with Crippen LogP contribution < -0.4 is 14.2 Å². The fraction of sp³-hybridized carbons (Fsp3) is 0.429. The van der Waals surface area contributed by atoms with Crippen LogP contribution in [0.3, 0.4) is 0 Å². The molecule has 0 radical (unpaired) electrons. The summed E-state index contributed by atoms with van der Waals surface area (Å²) in [6.45, 7) is 2.58. The summed E-state index contributed by atoms with van der Waals surface area (Å²) in [5.41, 5.74) is 2.42. The molecule has 0 aliphatic carbocycles. The van der Waals surface area contributed by atoms with Crippen LogP contribution in [0.25, 0.3) is 0 Å². The predicted molar refractivity (Wildman–Crippen MR) is 114 cm³/mol. The topological polar surface area (TPSA) is 67.9 Å². The standard InChI is InChI=1S/C21H25ClF2N2O4S/c1-29-19-9-14-5-8-26(13-15(14)10-20(19)30-2)7-4-3-6-25-31(27,28)21-12-17(23)16(22)11-18(21)24/h9-12,25H,3-8,13H2,1-2H3. The first-order valence-electron chi connectivity index (χ1n) is 9.85. The van der Waals surface area contributed by atoms with Crippen molar-refractivity contribution in [1.82, 2.24) is 9.62 Å². The zero-order chi connectivity index (χ0) is 22.6. The van der Waals surface area contributed by atoms with Crippen LogP contribution >= 0.6 is 11.6 Å². The molecule has 31 heavy (non-hydrogen) atoms. The van der Waals surface area contributed by atoms with Gasteiger partial charge in [-0.25, -0.2) is 21.9 Å². The molecule has 0 bridgehead atoms. The number of methoxy groups -OCH3 is 2. The van der Waals surface area contributed by atoms with E-state index in [-0.39, 0.29) is 6.54 Å². The number of nitrogens with one attached hydrogen (secondary N) is 1. The molecule has 6 nitrogen and oxygen atoms in total. The monoisotopic (exact) mass is 474 g/mol. The molecule has 0 saturated heterocycles. The maximum Gasteiger partial charge on any atom is 0.243 e. The number of halogens is 3. The minimum absolute atomic E-state index is 0.126. The Kier molecular flexibility index (Phi) is 7.74. The zero-order valence-corrected chi connectivity index (χ0v) is 19.0. The Morgan fingerprint density at radius 2 is 1.71 bits per heavy atom. The van der Waals surface area contributed by atoms with Crippen LogP contribution in [0.2, 0.25) is 5.02 Å². The summed E-state index contributed by atoms with van der Waals surface area (Å²) in [6.07, 6.45) is 2.21. The fourth-order valence-corrected chi connectivity index (χ4v) is 4.88. The van der Waals surface area contributed by atoms with Crippen LogP contribution in [0.5, 0.6) is 11.5 Å². The van der Waals surface area contributed by atoms with Crippen LogP contribution in [-0.4, -0.2) is 47.2 Å². The van der Waals surface area contributed by atoms with E-state index in [1.165, 1.54) is 11.1 Å². The number of fused-ring (bicyclic) bond motifs is 1. The average molecular weight is 475 g/mol. The van der Waals surface area contributed by atoms with Crippen LogP contribution in [0.4, 0.5) is 8.78 Å². The second-order valence-electron chi connectivity index (χ2n) is 7.30. The third-order valence-corrected chi connectivity index (χ3v) is 7.02. The van der Waals surface area contributed by atoms with Gasteiger partial charge >= 0.3 is 0 Å². The molecule has 2 aromatic rings. The fourth-order valence-electron chi connectivity index (χ4n) is 3.59. The van der Waals surface area contributed by atoms with Gasteiger partial charge in [-0.05, 0) is 61.2 Å². The van der Waals surface area contributed by atoms with Crippen molar-refractivity contribution in [1.29, 1.82) is 0 Å². The number of unbranched alkanes of at least 4 members (excludes halogenated alkanes) is 1. The Morgan fingerprint density at radius 3 is 2.39 bits per heavy atom. The molecule has 1 aliphatic heterocycles. The van der Waals surface area contributed by atoms with Crippen molar-refractivity contribution in [3.8, 4) is 11.5 Å². The lowest BCUT2D eigenvalue weighted by atomic mass is 9.98. The second-order valence-corrected chi connectivity index (χ2v) is 9.45. The number of hydrogen-bond donors (Lipinski definition) is 1. The molecular formula is C21H25ClF2N2O4S. The van der Waals surface area contributed by atoms with Crippen molar-refractivity contribution in [2.24, 2.45) is 0 Å². The van der Waals surface area contributed by atoms with Gasteiger partial charge in [0, 0.05) is 19.6 Å². The highest BCUT2D eigenvalue weighted by Gasteiger charge is 2.22. The van der Waals surface area contributed by atoms with Gasteiger partial charge in [-0.2, -0.15) is 0 Å². The summed E-state index contributed by atoms with van der Waals surface area (Å²) >= 11 is 5.47. The Bertz CT molecular complexity index is 1050. The molecule has 170 valence electrons. The van der Waals surface area contributed by atoms with Crippen molar-refractivity contribution in [2.45, 2.75) is 30.7 Å². The largest absolute Gasteiger partial charge is 0.493 e. The number of benzene rings is 2. The normalized spacial score (nSPS) is 14.4. The highest BCUT2D eigenvalue weighted by molar-refractivity contribution is 7.89. The number of nitrogens with zero attached hydrogens (tertiary/aromatic N) is 1. The third-order valence-electron chi connectivity index (χ3n) is 5.25. The lowest BCUT2D eigenvalue weighted by Crippen LogP contribution is -2.32. The Labute approximate surface area is 186 Å². The van der Waals surface area contributed by atoms with Gasteiger partial charge in [0.05, 0.1) is 19.2 Å². The van der Waals surface area contributed by atoms with Gasteiger partial charge in [-0.1, -0.05) is 11.6 Å². The number of sulfonamides is 1. The minimum Gasteiger partial charge on any atom is -0.493 e. The summed E-state index contributed by atoms with van der Waals surface area (Å²) in [5, 5.41) is -0.462. The van der Waals surface area contributed by atoms with E-state index in [2.05, 4.69) is 9.62 Å². The highest BCUT2D eigenvalue weighted by atomic mass is 35.5. The average Bonchev–Trinajstić information content (AvgIpc) is 2.74. The van der Waals surface area contributed by atoms with Crippen LogP contribution in [0.15, 0.2) is 29.2 Å². The Balaban J connectivity index is 1.49. The molecule has 0 amide bonds. The summed E-state index contributed by atoms with van der Waals surface area (Å²) in [4.78, 5) is 1.54. The van der Waals surface area contributed by atoms with Gasteiger partial charge in [0.1, 0.15) is 16.5 Å². The molecule has 10 heteroatoms. The highest BCUT2D eigenvalue weighted by Crippen LogP contribution is 2.33. The van der Waals surface area contributed by atoms with Gasteiger partial charge in [0.15, 0.2) is 11.5 Å². The van der Waals surface area contributed by atoms with E-state index < -0.39 is 31.6 Å². The molecule has 3 rings (SSSR count). The predicted octanol–water partition coefficient (Wildman–Crippen LogP) is 3.75. The number of rotatable bonds is 9. The second kappa shape index (κ2) is 10.1. The van der Waals surface area contributed by atoms with E-state index in [9.17, 15) is 17.2 Å². The Morgan fingerprint density at radius 1 is 1.03 bits per heavy atom. The van der Waals surface area contributed by atoms with E-state index in [1.54, 1.807) is 14.2 Å². The summed E-state index contributed by atoms with van der Waals surface area (Å²) < 4.78 is 64.9. The van der Waals surface area contributed by atoms with E-state index in [4.69, 9.17) is 21.1 Å². The minimum atomic E-state index is -4.15. The van der Waals surface area contributed by atoms with Gasteiger partial charge in [0.25, 0.3) is 0 Å². The van der Waals surface area contributed by atoms with Crippen molar-refractivity contribution in [2.75, 3.05) is 33.9 Å². The molecule has 2 aromatic carbocycles. The van der Waals surface area contributed by atoms with Crippen molar-refractivity contribution < 1.29 is 26.7 Å². The van der Waals surface area contributed by atoms with Gasteiger partial charge in [-0.15, -0.1) is 0 Å². The van der Waals surface area contributed by atoms with E-state index in [1.807, 2.05) is 12.1 Å². The van der Waals surface area contributed by atoms with Gasteiger partial charge in [0.2, 0.25) is 10.0 Å². The van der Waals surface area contributed by atoms with Crippen LogP contribution in [0, 0.1) is 11.6 Å². The lowest BCUT2D eigenvalue weighted by molar-refractivity contribution is 0.248. The first kappa shape index (κ1) is 23.7. The van der Waals surface area contributed by atoms with E-state index >= 15 is 0 Å². The van der Waals surface area contributed by atoms with E-state index in [0.29, 0.717) is 24.3 Å². The molecule has 0 unspecified atom stereocenters. The van der Waals surface area contributed by atoms with Crippen LogP contribution in [-0.2, 0) is 23.0 Å². The SMILES string of the molecule is COc1cc2c(cc1OC)CN(CCCCNS(=O)(=O)c1cc(F)c(Cl)cc1F)CC2. The molecule has 0 saturated carbocycles. The van der Waals surface area contributed by atoms with Crippen molar-refractivity contribution >= 4 is 21.6 Å². The van der Waals surface area contributed by atoms with Gasteiger partial charge < -0.3 is 9.47 Å². The molecule has 1 aliphatic rings. The summed E-state index contributed by atoms with van der Waals surface area (Å²) in [5.74, 6) is -0.650. The molecule has 0 aromatic heterocycles. The molecule has 1 N–H and O–H groups in total. The molecular weight excluding hydrogens is 450 g/mol. The van der Waals surface area contributed by atoms with Crippen LogP contribution in [0.1, 0.15) is 24.0 Å². The van der Waals surface area contributed by atoms with E-state index in [0.717, 1.165) is 38.2 Å². The van der Waals surface area contributed by atoms with Gasteiger partial charge in [-0.3, -0.25) is 4.90 Å². The molecule has 0 spiro atoms. The summed E-state index contributed by atoms with van der Waals surface area (Å²) in [7, 11) is -0.929. The van der Waals surface area contributed by atoms with Crippen molar-refractivity contribution in [3.63, 3.8) is 0 Å². The van der Waals surface area contributed by atoms with Crippen molar-refractivity contribution in [3.05, 3.63) is 52.0 Å². The molecule has 0 atom stereocenters. The quantitative estimate of drug-likeness (QED) is 0.443. The number of ether oxygens (including phenoxy) is 2. The first-order valence-corrected chi connectivity index (χ1v) is 11.7. The zero-order valence-electron chi connectivity index (χ0n) is 17.4. The smallest absolute Gasteiger partial charge is 0.243 e. The summed E-state index contributed by atoms with van der Waals surface area (Å²) in [6, 6.07) is 5.26.